The Kier molecular flexibility index (Phi) is 3.16. The van der Waals surface area contributed by atoms with Gasteiger partial charge in [-0.2, -0.15) is 0 Å². The Morgan fingerprint density at radius 3 is 2.61 bits per heavy atom. The normalized spacial score (nSPS) is 15.0. The van der Waals surface area contributed by atoms with Gasteiger partial charge in [-0.15, -0.1) is 0 Å². The second-order valence-corrected chi connectivity index (χ2v) is 6.29. The Labute approximate surface area is 107 Å². The molecule has 18 heavy (non-hydrogen) atoms. The fourth-order valence-corrected chi connectivity index (χ4v) is 2.66. The van der Waals surface area contributed by atoms with Gasteiger partial charge in [0.05, 0.1) is 4.90 Å². The molecular formula is C12H16N2O3S. The summed E-state index contributed by atoms with van der Waals surface area (Å²) >= 11 is 0. The fourth-order valence-electron chi connectivity index (χ4n) is 2.10. The first-order chi connectivity index (χ1) is 8.30. The Balaban J connectivity index is 2.40. The molecule has 0 aliphatic carbocycles. The quantitative estimate of drug-likeness (QED) is 0.864. The second-order valence-electron chi connectivity index (χ2n) is 4.73. The number of primary sulfonamides is 1. The van der Waals surface area contributed by atoms with Crippen LogP contribution in [0.1, 0.15) is 19.4 Å². The molecule has 2 rings (SSSR count). The second kappa shape index (κ2) is 4.37. The van der Waals surface area contributed by atoms with E-state index in [9.17, 15) is 13.2 Å². The summed E-state index contributed by atoms with van der Waals surface area (Å²) in [5.41, 5.74) is 1.65. The molecule has 0 spiro atoms. The number of hydrogen-bond acceptors (Lipinski definition) is 3. The highest BCUT2D eigenvalue weighted by Gasteiger charge is 2.27. The molecule has 0 unspecified atom stereocenters. The van der Waals surface area contributed by atoms with E-state index in [1.165, 1.54) is 6.07 Å². The first-order valence-electron chi connectivity index (χ1n) is 5.78. The molecule has 1 aromatic carbocycles. The van der Waals surface area contributed by atoms with Gasteiger partial charge in [-0.05, 0) is 30.2 Å². The number of carbonyl (C=O) groups is 1. The van der Waals surface area contributed by atoms with Crippen molar-refractivity contribution in [2.75, 3.05) is 11.4 Å². The molecule has 0 saturated carbocycles. The SMILES string of the molecule is CC(C)C(=O)N1CCc2cc(S(N)(=O)=O)ccc21. The molecule has 2 N–H and O–H groups in total. The Hall–Kier alpha value is -1.40. The van der Waals surface area contributed by atoms with Crippen molar-refractivity contribution in [1.29, 1.82) is 0 Å². The largest absolute Gasteiger partial charge is 0.312 e. The van der Waals surface area contributed by atoms with Crippen LogP contribution in [0.3, 0.4) is 0 Å². The number of fused-ring (bicyclic) bond motifs is 1. The third-order valence-corrected chi connectivity index (χ3v) is 3.95. The van der Waals surface area contributed by atoms with Crippen LogP contribution >= 0.6 is 0 Å². The van der Waals surface area contributed by atoms with E-state index >= 15 is 0 Å². The van der Waals surface area contributed by atoms with Crippen molar-refractivity contribution in [3.63, 3.8) is 0 Å². The maximum absolute atomic E-state index is 12.0. The van der Waals surface area contributed by atoms with E-state index in [0.717, 1.165) is 11.3 Å². The standard InChI is InChI=1S/C12H16N2O3S/c1-8(2)12(15)14-6-5-9-7-10(18(13,16)17)3-4-11(9)14/h3-4,7-8H,5-6H2,1-2H3,(H2,13,16,17). The van der Waals surface area contributed by atoms with Crippen LogP contribution in [0.25, 0.3) is 0 Å². The molecule has 1 aliphatic rings. The number of benzene rings is 1. The molecule has 1 amide bonds. The van der Waals surface area contributed by atoms with Gasteiger partial charge in [-0.3, -0.25) is 4.79 Å². The van der Waals surface area contributed by atoms with Crippen LogP contribution in [0.5, 0.6) is 0 Å². The molecule has 1 aliphatic heterocycles. The number of anilines is 1. The topological polar surface area (TPSA) is 80.5 Å². The Morgan fingerprint density at radius 1 is 1.39 bits per heavy atom. The fraction of sp³-hybridized carbons (Fsp3) is 0.417. The number of carbonyl (C=O) groups excluding carboxylic acids is 1. The van der Waals surface area contributed by atoms with E-state index in [2.05, 4.69) is 0 Å². The van der Waals surface area contributed by atoms with Gasteiger partial charge in [-0.25, -0.2) is 13.6 Å². The van der Waals surface area contributed by atoms with E-state index < -0.39 is 10.0 Å². The number of nitrogens with two attached hydrogens (primary N) is 1. The summed E-state index contributed by atoms with van der Waals surface area (Å²) in [5.74, 6) is -0.0222. The van der Waals surface area contributed by atoms with Crippen molar-refractivity contribution in [3.05, 3.63) is 23.8 Å². The highest BCUT2D eigenvalue weighted by molar-refractivity contribution is 7.89. The predicted molar refractivity (Wildman–Crippen MR) is 68.7 cm³/mol. The zero-order chi connectivity index (χ0) is 13.5. The average molecular weight is 268 g/mol. The van der Waals surface area contributed by atoms with E-state index in [4.69, 9.17) is 5.14 Å². The van der Waals surface area contributed by atoms with Gasteiger partial charge in [0.1, 0.15) is 0 Å². The third kappa shape index (κ3) is 2.26. The Morgan fingerprint density at radius 2 is 2.06 bits per heavy atom. The van der Waals surface area contributed by atoms with Crippen molar-refractivity contribution in [2.45, 2.75) is 25.2 Å². The van der Waals surface area contributed by atoms with Gasteiger partial charge in [0.2, 0.25) is 15.9 Å². The van der Waals surface area contributed by atoms with Crippen LogP contribution in [0.15, 0.2) is 23.1 Å². The molecule has 0 radical (unpaired) electrons. The lowest BCUT2D eigenvalue weighted by atomic mass is 10.1. The van der Waals surface area contributed by atoms with E-state index in [0.29, 0.717) is 13.0 Å². The molecule has 0 fully saturated rings. The molecule has 0 atom stereocenters. The zero-order valence-corrected chi connectivity index (χ0v) is 11.2. The zero-order valence-electron chi connectivity index (χ0n) is 10.4. The molecule has 0 saturated heterocycles. The van der Waals surface area contributed by atoms with Crippen molar-refractivity contribution < 1.29 is 13.2 Å². The average Bonchev–Trinajstić information content (AvgIpc) is 2.69. The summed E-state index contributed by atoms with van der Waals surface area (Å²) in [4.78, 5) is 13.8. The van der Waals surface area contributed by atoms with Gasteiger partial charge < -0.3 is 4.90 Å². The first kappa shape index (κ1) is 13.0. The minimum atomic E-state index is -3.68. The van der Waals surface area contributed by atoms with Crippen molar-refractivity contribution in [3.8, 4) is 0 Å². The predicted octanol–water partition coefficient (Wildman–Crippen LogP) is 0.879. The van der Waals surface area contributed by atoms with E-state index in [1.807, 2.05) is 13.8 Å². The molecule has 6 heteroatoms. The van der Waals surface area contributed by atoms with Crippen LogP contribution in [0.2, 0.25) is 0 Å². The van der Waals surface area contributed by atoms with Crippen LogP contribution in [0, 0.1) is 5.92 Å². The van der Waals surface area contributed by atoms with Crippen LogP contribution in [-0.4, -0.2) is 20.9 Å². The number of nitrogens with zero attached hydrogens (tertiary/aromatic N) is 1. The molecule has 1 aromatic rings. The molecule has 98 valence electrons. The van der Waals surface area contributed by atoms with E-state index in [-0.39, 0.29) is 16.7 Å². The smallest absolute Gasteiger partial charge is 0.238 e. The molecule has 0 aromatic heterocycles. The van der Waals surface area contributed by atoms with Gasteiger partial charge in [0.15, 0.2) is 0 Å². The summed E-state index contributed by atoms with van der Waals surface area (Å²) in [6, 6.07) is 4.65. The van der Waals surface area contributed by atoms with Crippen molar-refractivity contribution in [2.24, 2.45) is 11.1 Å². The summed E-state index contributed by atoms with van der Waals surface area (Å²) in [5, 5.41) is 5.09. The number of sulfonamides is 1. The summed E-state index contributed by atoms with van der Waals surface area (Å²) in [6.45, 7) is 4.29. The minimum absolute atomic E-state index is 0.0529. The maximum Gasteiger partial charge on any atom is 0.238 e. The Bertz CT molecular complexity index is 593. The van der Waals surface area contributed by atoms with Gasteiger partial charge in [0.25, 0.3) is 0 Å². The minimum Gasteiger partial charge on any atom is -0.312 e. The molecule has 5 nitrogen and oxygen atoms in total. The van der Waals surface area contributed by atoms with Gasteiger partial charge >= 0.3 is 0 Å². The van der Waals surface area contributed by atoms with E-state index in [1.54, 1.807) is 17.0 Å². The summed E-state index contributed by atoms with van der Waals surface area (Å²) in [7, 11) is -3.68. The maximum atomic E-state index is 12.0. The lowest BCUT2D eigenvalue weighted by molar-refractivity contribution is -0.121. The van der Waals surface area contributed by atoms with Gasteiger partial charge in [0, 0.05) is 18.2 Å². The number of hydrogen-bond donors (Lipinski definition) is 1. The number of rotatable bonds is 2. The number of amides is 1. The summed E-state index contributed by atoms with van der Waals surface area (Å²) < 4.78 is 22.5. The van der Waals surface area contributed by atoms with Gasteiger partial charge in [-0.1, -0.05) is 13.8 Å². The molecular weight excluding hydrogens is 252 g/mol. The molecule has 0 bridgehead atoms. The van der Waals surface area contributed by atoms with Crippen molar-refractivity contribution >= 4 is 21.6 Å². The monoisotopic (exact) mass is 268 g/mol. The lowest BCUT2D eigenvalue weighted by Gasteiger charge is -2.19. The van der Waals surface area contributed by atoms with Crippen LogP contribution in [0.4, 0.5) is 5.69 Å². The summed E-state index contributed by atoms with van der Waals surface area (Å²) in [6.07, 6.45) is 0.664. The van der Waals surface area contributed by atoms with Crippen LogP contribution in [-0.2, 0) is 21.2 Å². The highest BCUT2D eigenvalue weighted by Crippen LogP contribution is 2.30. The van der Waals surface area contributed by atoms with Crippen LogP contribution < -0.4 is 10.0 Å². The lowest BCUT2D eigenvalue weighted by Crippen LogP contribution is -2.32. The first-order valence-corrected chi connectivity index (χ1v) is 7.32. The third-order valence-electron chi connectivity index (χ3n) is 3.03. The molecule has 1 heterocycles. The van der Waals surface area contributed by atoms with Crippen molar-refractivity contribution in [1.82, 2.24) is 0 Å². The highest BCUT2D eigenvalue weighted by atomic mass is 32.2.